The second kappa shape index (κ2) is 3.88. The SMILES string of the molecule is CN(C)c1cccc2oc3ccccc3c(=O)c12. The predicted octanol–water partition coefficient (Wildman–Crippen LogP) is 3.01. The van der Waals surface area contributed by atoms with E-state index in [9.17, 15) is 4.79 Å². The second-order valence-electron chi connectivity index (χ2n) is 4.47. The van der Waals surface area contributed by atoms with Crippen molar-refractivity contribution in [1.82, 2.24) is 0 Å². The summed E-state index contributed by atoms with van der Waals surface area (Å²) < 4.78 is 5.79. The zero-order valence-electron chi connectivity index (χ0n) is 10.3. The van der Waals surface area contributed by atoms with Crippen molar-refractivity contribution in [3.05, 3.63) is 52.7 Å². The molecule has 3 rings (SSSR count). The first kappa shape index (κ1) is 10.8. The molecule has 2 aromatic carbocycles. The first-order valence-electron chi connectivity index (χ1n) is 5.80. The van der Waals surface area contributed by atoms with Crippen molar-refractivity contribution in [3.63, 3.8) is 0 Å². The molecule has 0 saturated carbocycles. The van der Waals surface area contributed by atoms with Gasteiger partial charge in [0.15, 0.2) is 0 Å². The molecule has 0 aliphatic heterocycles. The van der Waals surface area contributed by atoms with Gasteiger partial charge < -0.3 is 9.32 Å². The van der Waals surface area contributed by atoms with Crippen molar-refractivity contribution >= 4 is 27.6 Å². The van der Waals surface area contributed by atoms with Crippen molar-refractivity contribution < 1.29 is 4.42 Å². The van der Waals surface area contributed by atoms with Crippen LogP contribution in [0.25, 0.3) is 21.9 Å². The number of anilines is 1. The molecule has 3 nitrogen and oxygen atoms in total. The maximum Gasteiger partial charge on any atom is 0.202 e. The van der Waals surface area contributed by atoms with Crippen LogP contribution in [0.1, 0.15) is 0 Å². The number of benzene rings is 2. The van der Waals surface area contributed by atoms with Gasteiger partial charge in [0.2, 0.25) is 5.43 Å². The summed E-state index contributed by atoms with van der Waals surface area (Å²) in [4.78, 5) is 14.5. The Morgan fingerprint density at radius 3 is 2.44 bits per heavy atom. The van der Waals surface area contributed by atoms with Gasteiger partial charge in [-0.2, -0.15) is 0 Å². The quantitative estimate of drug-likeness (QED) is 0.612. The average Bonchev–Trinajstić information content (AvgIpc) is 2.38. The molecule has 0 fully saturated rings. The van der Waals surface area contributed by atoms with Gasteiger partial charge in [0.1, 0.15) is 11.2 Å². The Bertz CT molecular complexity index is 787. The van der Waals surface area contributed by atoms with E-state index in [1.807, 2.05) is 55.4 Å². The summed E-state index contributed by atoms with van der Waals surface area (Å²) in [5.74, 6) is 0. The molecule has 0 saturated heterocycles. The van der Waals surface area contributed by atoms with Crippen molar-refractivity contribution in [2.45, 2.75) is 0 Å². The lowest BCUT2D eigenvalue weighted by Crippen LogP contribution is -2.13. The van der Waals surface area contributed by atoms with Crippen LogP contribution in [0.3, 0.4) is 0 Å². The molecule has 0 atom stereocenters. The number of fused-ring (bicyclic) bond motifs is 2. The molecule has 0 N–H and O–H groups in total. The monoisotopic (exact) mass is 239 g/mol. The number of rotatable bonds is 1. The molecule has 0 radical (unpaired) electrons. The molecule has 90 valence electrons. The minimum Gasteiger partial charge on any atom is -0.456 e. The first-order chi connectivity index (χ1) is 8.68. The Labute approximate surface area is 104 Å². The van der Waals surface area contributed by atoms with Gasteiger partial charge in [-0.05, 0) is 24.3 Å². The average molecular weight is 239 g/mol. The molecule has 3 heteroatoms. The van der Waals surface area contributed by atoms with Crippen LogP contribution < -0.4 is 10.3 Å². The maximum absolute atomic E-state index is 12.5. The molecule has 18 heavy (non-hydrogen) atoms. The van der Waals surface area contributed by atoms with Crippen LogP contribution in [0.15, 0.2) is 51.7 Å². The minimum atomic E-state index is 0.0242. The number of hydrogen-bond donors (Lipinski definition) is 0. The summed E-state index contributed by atoms with van der Waals surface area (Å²) in [7, 11) is 3.84. The van der Waals surface area contributed by atoms with Crippen molar-refractivity contribution in [1.29, 1.82) is 0 Å². The van der Waals surface area contributed by atoms with Gasteiger partial charge >= 0.3 is 0 Å². The lowest BCUT2D eigenvalue weighted by Gasteiger charge is -2.14. The number of hydrogen-bond acceptors (Lipinski definition) is 3. The van der Waals surface area contributed by atoms with Gasteiger partial charge in [0.25, 0.3) is 0 Å². The van der Waals surface area contributed by atoms with Crippen LogP contribution in [0.4, 0.5) is 5.69 Å². The van der Waals surface area contributed by atoms with E-state index in [1.165, 1.54) is 0 Å². The van der Waals surface area contributed by atoms with E-state index in [0.29, 0.717) is 21.9 Å². The summed E-state index contributed by atoms with van der Waals surface area (Å²) in [6.07, 6.45) is 0. The molecular weight excluding hydrogens is 226 g/mol. The zero-order valence-corrected chi connectivity index (χ0v) is 10.3. The fourth-order valence-electron chi connectivity index (χ4n) is 2.20. The standard InChI is InChI=1S/C15H13NO2/c1-16(2)11-7-5-9-13-14(11)15(17)10-6-3-4-8-12(10)18-13/h3-9H,1-2H3. The normalized spacial score (nSPS) is 11.0. The highest BCUT2D eigenvalue weighted by atomic mass is 16.3. The molecule has 1 heterocycles. The Hall–Kier alpha value is -2.29. The maximum atomic E-state index is 12.5. The van der Waals surface area contributed by atoms with Crippen LogP contribution >= 0.6 is 0 Å². The molecule has 0 unspecified atom stereocenters. The third-order valence-electron chi connectivity index (χ3n) is 3.06. The fraction of sp³-hybridized carbons (Fsp3) is 0.133. The van der Waals surface area contributed by atoms with Gasteiger partial charge in [0.05, 0.1) is 16.5 Å². The number of para-hydroxylation sites is 1. The topological polar surface area (TPSA) is 33.5 Å². The first-order valence-corrected chi connectivity index (χ1v) is 5.80. The van der Waals surface area contributed by atoms with Gasteiger partial charge in [-0.15, -0.1) is 0 Å². The van der Waals surface area contributed by atoms with E-state index in [4.69, 9.17) is 4.42 Å². The van der Waals surface area contributed by atoms with E-state index in [2.05, 4.69) is 0 Å². The molecule has 1 aromatic heterocycles. The van der Waals surface area contributed by atoms with Crippen LogP contribution in [0.5, 0.6) is 0 Å². The van der Waals surface area contributed by atoms with Gasteiger partial charge in [-0.3, -0.25) is 4.79 Å². The summed E-state index contributed by atoms with van der Waals surface area (Å²) in [6, 6.07) is 13.0. The van der Waals surface area contributed by atoms with Gasteiger partial charge in [-0.1, -0.05) is 18.2 Å². The van der Waals surface area contributed by atoms with Crippen LogP contribution in [0.2, 0.25) is 0 Å². The summed E-state index contributed by atoms with van der Waals surface area (Å²) in [6.45, 7) is 0. The Morgan fingerprint density at radius 1 is 0.944 bits per heavy atom. The van der Waals surface area contributed by atoms with Crippen molar-refractivity contribution in [2.75, 3.05) is 19.0 Å². The minimum absolute atomic E-state index is 0.0242. The molecule has 0 spiro atoms. The lowest BCUT2D eigenvalue weighted by molar-refractivity contribution is 0.660. The zero-order chi connectivity index (χ0) is 12.7. The number of nitrogens with zero attached hydrogens (tertiary/aromatic N) is 1. The Balaban J connectivity index is 2.57. The van der Waals surface area contributed by atoms with E-state index in [-0.39, 0.29) is 5.43 Å². The molecule has 0 aliphatic carbocycles. The molecule has 3 aromatic rings. The highest BCUT2D eigenvalue weighted by molar-refractivity contribution is 5.97. The second-order valence-corrected chi connectivity index (χ2v) is 4.47. The Kier molecular flexibility index (Phi) is 2.33. The summed E-state index contributed by atoms with van der Waals surface area (Å²) >= 11 is 0. The summed E-state index contributed by atoms with van der Waals surface area (Å²) in [5, 5.41) is 1.26. The third kappa shape index (κ3) is 1.48. The van der Waals surface area contributed by atoms with Gasteiger partial charge in [-0.25, -0.2) is 0 Å². The third-order valence-corrected chi connectivity index (χ3v) is 3.06. The molecule has 0 amide bonds. The summed E-state index contributed by atoms with van der Waals surface area (Å²) in [5.41, 5.74) is 2.17. The highest BCUT2D eigenvalue weighted by Crippen LogP contribution is 2.25. The molecule has 0 bridgehead atoms. The predicted molar refractivity (Wildman–Crippen MR) is 74.3 cm³/mol. The van der Waals surface area contributed by atoms with Crippen molar-refractivity contribution in [3.8, 4) is 0 Å². The van der Waals surface area contributed by atoms with E-state index < -0.39 is 0 Å². The Morgan fingerprint density at radius 2 is 1.67 bits per heavy atom. The van der Waals surface area contributed by atoms with Crippen LogP contribution in [-0.4, -0.2) is 14.1 Å². The van der Waals surface area contributed by atoms with Crippen molar-refractivity contribution in [2.24, 2.45) is 0 Å². The molecule has 0 aliphatic rings. The highest BCUT2D eigenvalue weighted by Gasteiger charge is 2.11. The largest absolute Gasteiger partial charge is 0.456 e. The van der Waals surface area contributed by atoms with Crippen LogP contribution in [0, 0.1) is 0 Å². The molecular formula is C15H13NO2. The van der Waals surface area contributed by atoms with E-state index in [0.717, 1.165) is 5.69 Å². The van der Waals surface area contributed by atoms with E-state index >= 15 is 0 Å². The van der Waals surface area contributed by atoms with E-state index in [1.54, 1.807) is 6.07 Å². The van der Waals surface area contributed by atoms with Gasteiger partial charge in [0, 0.05) is 14.1 Å². The lowest BCUT2D eigenvalue weighted by atomic mass is 10.1. The smallest absolute Gasteiger partial charge is 0.202 e. The fourth-order valence-corrected chi connectivity index (χ4v) is 2.20. The van der Waals surface area contributed by atoms with Crippen LogP contribution in [-0.2, 0) is 0 Å².